The first kappa shape index (κ1) is 10.1. The van der Waals surface area contributed by atoms with Crippen LogP contribution in [-0.2, 0) is 4.79 Å². The van der Waals surface area contributed by atoms with Gasteiger partial charge in [0.1, 0.15) is 0 Å². The van der Waals surface area contributed by atoms with Crippen molar-refractivity contribution in [2.24, 2.45) is 5.73 Å². The maximum Gasteiger partial charge on any atom is 0.223 e. The molecule has 1 rings (SSSR count). The fraction of sp³-hybridized carbons (Fsp3) is 0.700. The van der Waals surface area contributed by atoms with Crippen molar-refractivity contribution in [2.75, 3.05) is 13.1 Å². The molecule has 1 saturated heterocycles. The number of terminal acetylenes is 1. The Morgan fingerprint density at radius 1 is 1.69 bits per heavy atom. The van der Waals surface area contributed by atoms with E-state index in [0.717, 1.165) is 19.4 Å². The fourth-order valence-electron chi connectivity index (χ4n) is 1.57. The predicted octanol–water partition coefficient (Wildman–Crippen LogP) is 0.350. The van der Waals surface area contributed by atoms with Crippen molar-refractivity contribution < 1.29 is 4.79 Å². The molecule has 0 aromatic carbocycles. The molecule has 1 amide bonds. The van der Waals surface area contributed by atoms with Gasteiger partial charge in [0.2, 0.25) is 5.91 Å². The van der Waals surface area contributed by atoms with Crippen molar-refractivity contribution in [1.29, 1.82) is 0 Å². The highest BCUT2D eigenvalue weighted by Gasteiger charge is 2.20. The van der Waals surface area contributed by atoms with Gasteiger partial charge < -0.3 is 10.6 Å². The summed E-state index contributed by atoms with van der Waals surface area (Å²) in [6.45, 7) is 1.54. The van der Waals surface area contributed by atoms with E-state index in [1.807, 2.05) is 4.90 Å². The van der Waals surface area contributed by atoms with Gasteiger partial charge in [-0.15, -0.1) is 12.3 Å². The minimum atomic E-state index is 0.146. The van der Waals surface area contributed by atoms with Crippen LogP contribution in [-0.4, -0.2) is 29.9 Å². The van der Waals surface area contributed by atoms with Crippen LogP contribution >= 0.6 is 0 Å². The monoisotopic (exact) mass is 180 g/mol. The molecule has 0 aromatic heterocycles. The highest BCUT2D eigenvalue weighted by molar-refractivity contribution is 5.76. The highest BCUT2D eigenvalue weighted by Crippen LogP contribution is 2.09. The number of nitrogens with two attached hydrogens (primary N) is 1. The Balaban J connectivity index is 2.33. The van der Waals surface area contributed by atoms with Crippen LogP contribution in [0, 0.1) is 12.3 Å². The Bertz CT molecular complexity index is 219. The SMILES string of the molecule is C#CCCC(=O)N1CCC[C@@H](N)C1. The summed E-state index contributed by atoms with van der Waals surface area (Å²) in [5, 5.41) is 0. The molecule has 0 aromatic rings. The summed E-state index contributed by atoms with van der Waals surface area (Å²) in [4.78, 5) is 13.3. The minimum Gasteiger partial charge on any atom is -0.341 e. The zero-order valence-corrected chi connectivity index (χ0v) is 7.83. The quantitative estimate of drug-likeness (QED) is 0.623. The standard InChI is InChI=1S/C10H16N2O/c1-2-3-6-10(13)12-7-4-5-9(11)8-12/h1,9H,3-8,11H2/t9-/m1/s1. The third-order valence-corrected chi connectivity index (χ3v) is 2.29. The molecule has 0 unspecified atom stereocenters. The molecular formula is C10H16N2O. The van der Waals surface area contributed by atoms with Crippen molar-refractivity contribution in [2.45, 2.75) is 31.7 Å². The minimum absolute atomic E-state index is 0.146. The van der Waals surface area contributed by atoms with Crippen LogP contribution in [0.1, 0.15) is 25.7 Å². The van der Waals surface area contributed by atoms with Crippen LogP contribution < -0.4 is 5.73 Å². The predicted molar refractivity (Wildman–Crippen MR) is 51.9 cm³/mol. The third-order valence-electron chi connectivity index (χ3n) is 2.29. The number of rotatable bonds is 2. The molecule has 0 bridgehead atoms. The Labute approximate surface area is 79.3 Å². The lowest BCUT2D eigenvalue weighted by molar-refractivity contribution is -0.132. The van der Waals surface area contributed by atoms with E-state index >= 15 is 0 Å². The van der Waals surface area contributed by atoms with Gasteiger partial charge in [0.25, 0.3) is 0 Å². The van der Waals surface area contributed by atoms with Crippen LogP contribution in [0.3, 0.4) is 0 Å². The average molecular weight is 180 g/mol. The Kier molecular flexibility index (Phi) is 3.78. The van der Waals surface area contributed by atoms with E-state index in [1.165, 1.54) is 0 Å². The molecule has 1 heterocycles. The summed E-state index contributed by atoms with van der Waals surface area (Å²) in [5.41, 5.74) is 5.76. The van der Waals surface area contributed by atoms with Crippen LogP contribution in [0.5, 0.6) is 0 Å². The maximum atomic E-state index is 11.5. The summed E-state index contributed by atoms with van der Waals surface area (Å²) in [6.07, 6.45) is 8.13. The Morgan fingerprint density at radius 2 is 2.46 bits per heavy atom. The molecule has 1 fully saturated rings. The lowest BCUT2D eigenvalue weighted by Gasteiger charge is -2.30. The van der Waals surface area contributed by atoms with Gasteiger partial charge in [-0.05, 0) is 12.8 Å². The van der Waals surface area contributed by atoms with Gasteiger partial charge in [0.15, 0.2) is 0 Å². The first-order valence-corrected chi connectivity index (χ1v) is 4.71. The number of amides is 1. The molecule has 3 heteroatoms. The van der Waals surface area contributed by atoms with Crippen molar-refractivity contribution in [3.63, 3.8) is 0 Å². The zero-order valence-electron chi connectivity index (χ0n) is 7.83. The molecular weight excluding hydrogens is 164 g/mol. The molecule has 0 radical (unpaired) electrons. The van der Waals surface area contributed by atoms with E-state index in [2.05, 4.69) is 5.92 Å². The van der Waals surface area contributed by atoms with Crippen LogP contribution in [0.15, 0.2) is 0 Å². The van der Waals surface area contributed by atoms with E-state index in [4.69, 9.17) is 12.2 Å². The zero-order chi connectivity index (χ0) is 9.68. The van der Waals surface area contributed by atoms with Gasteiger partial charge in [-0.2, -0.15) is 0 Å². The lowest BCUT2D eigenvalue weighted by Crippen LogP contribution is -2.45. The van der Waals surface area contributed by atoms with Gasteiger partial charge in [-0.1, -0.05) is 0 Å². The first-order chi connectivity index (χ1) is 6.24. The summed E-state index contributed by atoms with van der Waals surface area (Å²) < 4.78 is 0. The molecule has 1 aliphatic heterocycles. The number of hydrogen-bond donors (Lipinski definition) is 1. The van der Waals surface area contributed by atoms with E-state index < -0.39 is 0 Å². The first-order valence-electron chi connectivity index (χ1n) is 4.71. The third kappa shape index (κ3) is 3.08. The number of piperidine rings is 1. The molecule has 1 aliphatic rings. The van der Waals surface area contributed by atoms with Crippen molar-refractivity contribution in [3.05, 3.63) is 0 Å². The summed E-state index contributed by atoms with van der Waals surface area (Å²) in [6, 6.07) is 0.156. The molecule has 2 N–H and O–H groups in total. The summed E-state index contributed by atoms with van der Waals surface area (Å²) >= 11 is 0. The normalized spacial score (nSPS) is 22.5. The topological polar surface area (TPSA) is 46.3 Å². The van der Waals surface area contributed by atoms with Gasteiger partial charge >= 0.3 is 0 Å². The number of carbonyl (C=O) groups is 1. The van der Waals surface area contributed by atoms with Crippen molar-refractivity contribution in [1.82, 2.24) is 4.90 Å². The second-order valence-corrected chi connectivity index (χ2v) is 3.45. The van der Waals surface area contributed by atoms with E-state index in [0.29, 0.717) is 19.4 Å². The molecule has 1 atom stereocenters. The average Bonchev–Trinajstić information content (AvgIpc) is 2.14. The Hall–Kier alpha value is -1.01. The molecule has 0 spiro atoms. The number of hydrogen-bond acceptors (Lipinski definition) is 2. The molecule has 0 saturated carbocycles. The van der Waals surface area contributed by atoms with Gasteiger partial charge in [-0.25, -0.2) is 0 Å². The summed E-state index contributed by atoms with van der Waals surface area (Å²) in [5.74, 6) is 2.62. The largest absolute Gasteiger partial charge is 0.341 e. The summed E-state index contributed by atoms with van der Waals surface area (Å²) in [7, 11) is 0. The van der Waals surface area contributed by atoms with E-state index in [-0.39, 0.29) is 11.9 Å². The smallest absolute Gasteiger partial charge is 0.223 e. The molecule has 72 valence electrons. The van der Waals surface area contributed by atoms with Crippen molar-refractivity contribution in [3.8, 4) is 12.3 Å². The van der Waals surface area contributed by atoms with Gasteiger partial charge in [0.05, 0.1) is 0 Å². The number of nitrogens with zero attached hydrogens (tertiary/aromatic N) is 1. The van der Waals surface area contributed by atoms with Crippen LogP contribution in [0.4, 0.5) is 0 Å². The maximum absolute atomic E-state index is 11.5. The van der Waals surface area contributed by atoms with E-state index in [1.54, 1.807) is 0 Å². The molecule has 0 aliphatic carbocycles. The highest BCUT2D eigenvalue weighted by atomic mass is 16.2. The van der Waals surface area contributed by atoms with Crippen LogP contribution in [0.25, 0.3) is 0 Å². The van der Waals surface area contributed by atoms with Crippen molar-refractivity contribution >= 4 is 5.91 Å². The van der Waals surface area contributed by atoms with Gasteiger partial charge in [0, 0.05) is 32.0 Å². The fourth-order valence-corrected chi connectivity index (χ4v) is 1.57. The molecule has 13 heavy (non-hydrogen) atoms. The second kappa shape index (κ2) is 4.88. The second-order valence-electron chi connectivity index (χ2n) is 3.45. The lowest BCUT2D eigenvalue weighted by atomic mass is 10.1. The van der Waals surface area contributed by atoms with Gasteiger partial charge in [-0.3, -0.25) is 4.79 Å². The Morgan fingerprint density at radius 3 is 3.08 bits per heavy atom. The number of likely N-dealkylation sites (tertiary alicyclic amines) is 1. The number of carbonyl (C=O) groups excluding carboxylic acids is 1. The molecule has 3 nitrogen and oxygen atoms in total. The van der Waals surface area contributed by atoms with E-state index in [9.17, 15) is 4.79 Å². The van der Waals surface area contributed by atoms with Crippen LogP contribution in [0.2, 0.25) is 0 Å².